The second kappa shape index (κ2) is 9.69. The molecule has 0 spiro atoms. The molecule has 0 aliphatic rings. The molecular formula is C11H21N3OS. The lowest BCUT2D eigenvalue weighted by molar-refractivity contribution is 0.143. The first-order valence-electron chi connectivity index (χ1n) is 5.84. The lowest BCUT2D eigenvalue weighted by atomic mass is 10.3. The van der Waals surface area contributed by atoms with E-state index in [0.29, 0.717) is 0 Å². The van der Waals surface area contributed by atoms with Gasteiger partial charge in [0.25, 0.3) is 0 Å². The number of rotatable bonds is 10. The van der Waals surface area contributed by atoms with Gasteiger partial charge in [0.15, 0.2) is 5.16 Å². The zero-order valence-corrected chi connectivity index (χ0v) is 10.7. The molecule has 1 rings (SSSR count). The molecule has 0 bridgehead atoms. The van der Waals surface area contributed by atoms with Crippen LogP contribution in [0.15, 0.2) is 17.6 Å². The highest BCUT2D eigenvalue weighted by Gasteiger charge is 1.94. The van der Waals surface area contributed by atoms with Crippen molar-refractivity contribution in [1.29, 1.82) is 0 Å². The van der Waals surface area contributed by atoms with Crippen molar-refractivity contribution in [2.45, 2.75) is 24.9 Å². The van der Waals surface area contributed by atoms with Crippen LogP contribution in [-0.4, -0.2) is 42.0 Å². The standard InChI is InChI=1S/C11H21N3OS/c1-2-15-9-4-3-5-12-8-10-16-11-13-6-7-14-11/h6-7,12H,2-5,8-10H2,1H3,(H,13,14). The van der Waals surface area contributed by atoms with Crippen molar-refractivity contribution in [1.82, 2.24) is 15.3 Å². The highest BCUT2D eigenvalue weighted by molar-refractivity contribution is 7.99. The highest BCUT2D eigenvalue weighted by atomic mass is 32.2. The molecule has 2 N–H and O–H groups in total. The van der Waals surface area contributed by atoms with E-state index < -0.39 is 0 Å². The molecule has 0 aliphatic carbocycles. The van der Waals surface area contributed by atoms with Crippen molar-refractivity contribution in [2.24, 2.45) is 0 Å². The number of nitrogens with one attached hydrogen (secondary N) is 2. The topological polar surface area (TPSA) is 49.9 Å². The molecule has 0 aliphatic heterocycles. The van der Waals surface area contributed by atoms with Gasteiger partial charge in [-0.15, -0.1) is 0 Å². The first-order chi connectivity index (χ1) is 7.93. The van der Waals surface area contributed by atoms with Crippen molar-refractivity contribution >= 4 is 11.8 Å². The Morgan fingerprint density at radius 1 is 1.44 bits per heavy atom. The van der Waals surface area contributed by atoms with E-state index in [9.17, 15) is 0 Å². The molecule has 0 radical (unpaired) electrons. The van der Waals surface area contributed by atoms with E-state index in [1.807, 2.05) is 13.1 Å². The van der Waals surface area contributed by atoms with Gasteiger partial charge in [-0.25, -0.2) is 4.98 Å². The smallest absolute Gasteiger partial charge is 0.165 e. The second-order valence-corrected chi connectivity index (χ2v) is 4.48. The van der Waals surface area contributed by atoms with Gasteiger partial charge < -0.3 is 15.0 Å². The molecule has 0 atom stereocenters. The number of H-pyrrole nitrogens is 1. The van der Waals surface area contributed by atoms with Gasteiger partial charge in [-0.05, 0) is 26.3 Å². The minimum Gasteiger partial charge on any atom is -0.382 e. The Kier molecular flexibility index (Phi) is 8.20. The van der Waals surface area contributed by atoms with Crippen molar-refractivity contribution < 1.29 is 4.74 Å². The van der Waals surface area contributed by atoms with Crippen LogP contribution in [0.25, 0.3) is 0 Å². The minimum atomic E-state index is 0.827. The van der Waals surface area contributed by atoms with Crippen LogP contribution in [0.4, 0.5) is 0 Å². The number of nitrogens with zero attached hydrogens (tertiary/aromatic N) is 1. The predicted molar refractivity (Wildman–Crippen MR) is 67.9 cm³/mol. The molecule has 1 aromatic heterocycles. The van der Waals surface area contributed by atoms with Crippen molar-refractivity contribution in [2.75, 3.05) is 32.1 Å². The first-order valence-corrected chi connectivity index (χ1v) is 6.82. The maximum atomic E-state index is 5.27. The van der Waals surface area contributed by atoms with Crippen LogP contribution in [0.1, 0.15) is 19.8 Å². The second-order valence-electron chi connectivity index (χ2n) is 3.40. The zero-order chi connectivity index (χ0) is 11.5. The van der Waals surface area contributed by atoms with Crippen LogP contribution in [0.5, 0.6) is 0 Å². The van der Waals surface area contributed by atoms with Crippen molar-refractivity contribution in [3.8, 4) is 0 Å². The Balaban J connectivity index is 1.78. The summed E-state index contributed by atoms with van der Waals surface area (Å²) in [6.45, 7) is 5.85. The van der Waals surface area contributed by atoms with Gasteiger partial charge in [0.05, 0.1) is 0 Å². The van der Waals surface area contributed by atoms with E-state index in [1.165, 1.54) is 6.42 Å². The Labute approximate surface area is 102 Å². The van der Waals surface area contributed by atoms with Gasteiger partial charge in [-0.3, -0.25) is 0 Å². The van der Waals surface area contributed by atoms with Crippen molar-refractivity contribution in [3.05, 3.63) is 12.4 Å². The van der Waals surface area contributed by atoms with Gasteiger partial charge >= 0.3 is 0 Å². The summed E-state index contributed by atoms with van der Waals surface area (Å²) in [5, 5.41) is 4.40. The van der Waals surface area contributed by atoms with Crippen LogP contribution < -0.4 is 5.32 Å². The number of imidazole rings is 1. The monoisotopic (exact) mass is 243 g/mol. The third kappa shape index (κ3) is 6.87. The highest BCUT2D eigenvalue weighted by Crippen LogP contribution is 2.09. The summed E-state index contributed by atoms with van der Waals surface area (Å²) in [6, 6.07) is 0. The third-order valence-electron chi connectivity index (χ3n) is 2.09. The average Bonchev–Trinajstić information content (AvgIpc) is 2.80. The summed E-state index contributed by atoms with van der Waals surface area (Å²) >= 11 is 1.75. The SMILES string of the molecule is CCOCCCCNCCSc1ncc[nH]1. The zero-order valence-electron chi connectivity index (χ0n) is 9.87. The molecule has 0 saturated carbocycles. The minimum absolute atomic E-state index is 0.827. The van der Waals surface area contributed by atoms with Gasteiger partial charge in [-0.2, -0.15) is 0 Å². The largest absolute Gasteiger partial charge is 0.382 e. The normalized spacial score (nSPS) is 10.8. The van der Waals surface area contributed by atoms with Crippen LogP contribution in [-0.2, 0) is 4.74 Å². The molecule has 0 saturated heterocycles. The molecule has 5 heteroatoms. The van der Waals surface area contributed by atoms with Crippen molar-refractivity contribution in [3.63, 3.8) is 0 Å². The van der Waals surface area contributed by atoms with E-state index in [-0.39, 0.29) is 0 Å². The van der Waals surface area contributed by atoms with E-state index in [2.05, 4.69) is 15.3 Å². The Bertz CT molecular complexity index is 241. The molecule has 0 amide bonds. The van der Waals surface area contributed by atoms with Crippen LogP contribution in [0, 0.1) is 0 Å². The summed E-state index contributed by atoms with van der Waals surface area (Å²) < 4.78 is 5.27. The lowest BCUT2D eigenvalue weighted by Crippen LogP contribution is -2.18. The number of hydrogen-bond acceptors (Lipinski definition) is 4. The number of unbranched alkanes of at least 4 members (excludes halogenated alkanes) is 1. The maximum absolute atomic E-state index is 5.27. The maximum Gasteiger partial charge on any atom is 0.165 e. The number of aromatic nitrogens is 2. The molecule has 1 aromatic rings. The van der Waals surface area contributed by atoms with E-state index >= 15 is 0 Å². The van der Waals surface area contributed by atoms with E-state index in [0.717, 1.165) is 43.6 Å². The fourth-order valence-corrected chi connectivity index (χ4v) is 2.00. The number of ether oxygens (including phenoxy) is 1. The third-order valence-corrected chi connectivity index (χ3v) is 2.99. The number of aromatic amines is 1. The summed E-state index contributed by atoms with van der Waals surface area (Å²) in [6.07, 6.45) is 5.96. The summed E-state index contributed by atoms with van der Waals surface area (Å²) in [4.78, 5) is 7.22. The summed E-state index contributed by atoms with van der Waals surface area (Å²) in [5.74, 6) is 1.05. The van der Waals surface area contributed by atoms with Gasteiger partial charge in [0.2, 0.25) is 0 Å². The van der Waals surface area contributed by atoms with Gasteiger partial charge in [0, 0.05) is 37.9 Å². The Morgan fingerprint density at radius 2 is 2.38 bits per heavy atom. The van der Waals surface area contributed by atoms with Gasteiger partial charge in [-0.1, -0.05) is 11.8 Å². The van der Waals surface area contributed by atoms with Crippen LogP contribution in [0.3, 0.4) is 0 Å². The molecule has 0 fully saturated rings. The fraction of sp³-hybridized carbons (Fsp3) is 0.727. The molecule has 0 aromatic carbocycles. The number of thioether (sulfide) groups is 1. The Morgan fingerprint density at radius 3 is 3.12 bits per heavy atom. The fourth-order valence-electron chi connectivity index (χ4n) is 1.27. The Hall–Kier alpha value is -0.520. The molecule has 16 heavy (non-hydrogen) atoms. The molecular weight excluding hydrogens is 222 g/mol. The van der Waals surface area contributed by atoms with E-state index in [1.54, 1.807) is 18.0 Å². The molecule has 4 nitrogen and oxygen atoms in total. The van der Waals surface area contributed by atoms with Gasteiger partial charge in [0.1, 0.15) is 0 Å². The average molecular weight is 243 g/mol. The molecule has 1 heterocycles. The molecule has 0 unspecified atom stereocenters. The van der Waals surface area contributed by atoms with E-state index in [4.69, 9.17) is 4.74 Å². The van der Waals surface area contributed by atoms with Crippen LogP contribution in [0.2, 0.25) is 0 Å². The predicted octanol–water partition coefficient (Wildman–Crippen LogP) is 1.91. The summed E-state index contributed by atoms with van der Waals surface area (Å²) in [5.41, 5.74) is 0. The first kappa shape index (κ1) is 13.5. The molecule has 92 valence electrons. The quantitative estimate of drug-likeness (QED) is 0.487. The number of hydrogen-bond donors (Lipinski definition) is 2. The lowest BCUT2D eigenvalue weighted by Gasteiger charge is -2.04. The summed E-state index contributed by atoms with van der Waals surface area (Å²) in [7, 11) is 0. The van der Waals surface area contributed by atoms with Crippen LogP contribution >= 0.6 is 11.8 Å².